The fraction of sp³-hybridized carbons (Fsp3) is 0.556. The highest BCUT2D eigenvalue weighted by molar-refractivity contribution is 6.08. The Morgan fingerprint density at radius 3 is 2.44 bits per heavy atom. The van der Waals surface area contributed by atoms with E-state index < -0.39 is 43.2 Å². The quantitative estimate of drug-likeness (QED) is 0.296. The van der Waals surface area contributed by atoms with Crippen molar-refractivity contribution in [3.8, 4) is 17.2 Å². The molecule has 4 aliphatic rings. The van der Waals surface area contributed by atoms with Crippen LogP contribution < -0.4 is 19.5 Å². The van der Waals surface area contributed by atoms with Gasteiger partial charge in [0.1, 0.15) is 24.4 Å². The SMILES string of the molecule is COC1=C[C@H]2C3=C([C@H]2C1=O)[C@@H](NC(C)=O)CCc1cc(OC)c(O[C@@H]2O[C@H](CO)[C@@H](O)[C@H](O)[C@H]2O)c(OC)c13. The van der Waals surface area contributed by atoms with Gasteiger partial charge in [-0.15, -0.1) is 0 Å². The van der Waals surface area contributed by atoms with Gasteiger partial charge in [0, 0.05) is 18.4 Å². The van der Waals surface area contributed by atoms with E-state index in [9.17, 15) is 30.0 Å². The number of ether oxygens (including phenoxy) is 5. The molecule has 1 saturated heterocycles. The van der Waals surface area contributed by atoms with Crippen LogP contribution in [0.15, 0.2) is 23.5 Å². The van der Waals surface area contributed by atoms with Crippen LogP contribution in [0.4, 0.5) is 0 Å². The first kappa shape index (κ1) is 27.4. The van der Waals surface area contributed by atoms with Crippen molar-refractivity contribution < 1.29 is 53.7 Å². The molecule has 12 nitrogen and oxygen atoms in total. The molecule has 0 spiro atoms. The maximum absolute atomic E-state index is 13.1. The molecule has 0 radical (unpaired) electrons. The van der Waals surface area contributed by atoms with Gasteiger partial charge in [0.2, 0.25) is 23.7 Å². The number of methoxy groups -OCH3 is 3. The summed E-state index contributed by atoms with van der Waals surface area (Å²) < 4.78 is 28.4. The van der Waals surface area contributed by atoms with Crippen molar-refractivity contribution in [2.45, 2.75) is 56.5 Å². The van der Waals surface area contributed by atoms with Crippen LogP contribution in [0, 0.1) is 11.8 Å². The summed E-state index contributed by atoms with van der Waals surface area (Å²) in [6, 6.07) is 1.38. The van der Waals surface area contributed by atoms with Crippen LogP contribution in [-0.4, -0.2) is 96.8 Å². The summed E-state index contributed by atoms with van der Waals surface area (Å²) in [6.45, 7) is 0.815. The zero-order valence-electron chi connectivity index (χ0n) is 22.0. The summed E-state index contributed by atoms with van der Waals surface area (Å²) in [5.74, 6) is -0.315. The molecule has 3 aliphatic carbocycles. The van der Waals surface area contributed by atoms with Crippen LogP contribution in [0.3, 0.4) is 0 Å². The summed E-state index contributed by atoms with van der Waals surface area (Å²) in [5.41, 5.74) is 3.10. The van der Waals surface area contributed by atoms with E-state index in [0.29, 0.717) is 18.4 Å². The highest BCUT2D eigenvalue weighted by Crippen LogP contribution is 2.60. The highest BCUT2D eigenvalue weighted by Gasteiger charge is 2.54. The number of carbonyl (C=O) groups excluding carboxylic acids is 2. The fourth-order valence-corrected chi connectivity index (χ4v) is 6.14. The molecular formula is C27H33NO11. The van der Waals surface area contributed by atoms with Crippen LogP contribution in [-0.2, 0) is 25.5 Å². The maximum Gasteiger partial charge on any atom is 0.229 e. The predicted molar refractivity (Wildman–Crippen MR) is 134 cm³/mol. The lowest BCUT2D eigenvalue weighted by Crippen LogP contribution is -2.60. The standard InChI is InChI=1S/C27H33NO11/c1-10(30)28-13-6-5-11-7-15(36-3)25(39-27-24(34)23(33)22(32)16(9-29)38-27)26(37-4)17(11)18-12-8-14(35-2)21(31)19(12)20(13)18/h7-8,12-13,16,19,22-24,27,29,32-34H,5-6,9H2,1-4H3,(H,28,30)/t12-,13-,16+,19-,22+,23-,24+,27-/m0/s1. The van der Waals surface area contributed by atoms with Crippen molar-refractivity contribution in [2.75, 3.05) is 27.9 Å². The lowest BCUT2D eigenvalue weighted by molar-refractivity contribution is -0.277. The Labute approximate surface area is 224 Å². The third kappa shape index (κ3) is 4.27. The van der Waals surface area contributed by atoms with Gasteiger partial charge in [0.15, 0.2) is 17.3 Å². The van der Waals surface area contributed by atoms with Crippen LogP contribution >= 0.6 is 0 Å². The smallest absolute Gasteiger partial charge is 0.229 e. The molecular weight excluding hydrogens is 514 g/mol. The second-order valence-corrected chi connectivity index (χ2v) is 10.1. The Bertz CT molecular complexity index is 1240. The molecule has 1 aromatic rings. The fourth-order valence-electron chi connectivity index (χ4n) is 6.14. The number of carbonyl (C=O) groups is 2. The van der Waals surface area contributed by atoms with Gasteiger partial charge in [-0.05, 0) is 41.7 Å². The summed E-state index contributed by atoms with van der Waals surface area (Å²) in [5, 5.41) is 43.6. The van der Waals surface area contributed by atoms with Crippen molar-refractivity contribution in [1.82, 2.24) is 5.32 Å². The number of aliphatic hydroxyl groups excluding tert-OH is 4. The lowest BCUT2D eigenvalue weighted by Gasteiger charge is -2.41. The van der Waals surface area contributed by atoms with Crippen LogP contribution in [0.2, 0.25) is 0 Å². The lowest BCUT2D eigenvalue weighted by atomic mass is 9.64. The average molecular weight is 548 g/mol. The molecule has 0 unspecified atom stereocenters. The number of nitrogens with one attached hydrogen (secondary N) is 1. The van der Waals surface area contributed by atoms with Gasteiger partial charge in [-0.25, -0.2) is 0 Å². The van der Waals surface area contributed by atoms with E-state index in [-0.39, 0.29) is 46.7 Å². The van der Waals surface area contributed by atoms with Crippen LogP contribution in [0.5, 0.6) is 17.2 Å². The monoisotopic (exact) mass is 547 g/mol. The number of fused-ring (bicyclic) bond motifs is 5. The van der Waals surface area contributed by atoms with Gasteiger partial charge in [0.05, 0.1) is 39.9 Å². The number of amides is 1. The van der Waals surface area contributed by atoms with Crippen LogP contribution in [0.1, 0.15) is 24.5 Å². The highest BCUT2D eigenvalue weighted by atomic mass is 16.7. The third-order valence-corrected chi connectivity index (χ3v) is 7.93. The second kappa shape index (κ2) is 10.4. The van der Waals surface area contributed by atoms with Crippen molar-refractivity contribution in [2.24, 2.45) is 11.8 Å². The summed E-state index contributed by atoms with van der Waals surface area (Å²) in [6.07, 6.45) is -4.66. The molecule has 0 saturated carbocycles. The first-order valence-electron chi connectivity index (χ1n) is 12.7. The number of aliphatic hydroxyl groups is 4. The van der Waals surface area contributed by atoms with Crippen molar-refractivity contribution in [3.63, 3.8) is 0 Å². The molecule has 8 atom stereocenters. The molecule has 1 aliphatic heterocycles. The van der Waals surface area contributed by atoms with Crippen LogP contribution in [0.25, 0.3) is 5.57 Å². The average Bonchev–Trinajstić information content (AvgIpc) is 3.10. The molecule has 1 heterocycles. The summed E-state index contributed by atoms with van der Waals surface area (Å²) in [4.78, 5) is 25.2. The van der Waals surface area contributed by atoms with E-state index in [0.717, 1.165) is 16.7 Å². The molecule has 0 aromatic heterocycles. The first-order chi connectivity index (χ1) is 18.7. The minimum Gasteiger partial charge on any atom is -0.493 e. The molecule has 5 N–H and O–H groups in total. The Hall–Kier alpha value is -3.16. The zero-order valence-corrected chi connectivity index (χ0v) is 22.0. The van der Waals surface area contributed by atoms with Gasteiger partial charge in [-0.3, -0.25) is 9.59 Å². The van der Waals surface area contributed by atoms with E-state index in [4.69, 9.17) is 23.7 Å². The molecule has 1 amide bonds. The van der Waals surface area contributed by atoms with Crippen molar-refractivity contribution in [1.29, 1.82) is 0 Å². The number of allylic oxidation sites excluding steroid dienone is 3. The Balaban J connectivity index is 1.65. The molecule has 1 aromatic carbocycles. The van der Waals surface area contributed by atoms with Crippen molar-refractivity contribution >= 4 is 17.3 Å². The van der Waals surface area contributed by atoms with Gasteiger partial charge < -0.3 is 49.4 Å². The van der Waals surface area contributed by atoms with Gasteiger partial charge >= 0.3 is 0 Å². The molecule has 1 fully saturated rings. The normalized spacial score (nSPS) is 33.1. The maximum atomic E-state index is 13.1. The third-order valence-electron chi connectivity index (χ3n) is 7.93. The zero-order chi connectivity index (χ0) is 28.2. The summed E-state index contributed by atoms with van der Waals surface area (Å²) >= 11 is 0. The molecule has 12 heteroatoms. The number of Topliss-reactive ketones (excluding diaryl/α,β-unsaturated/α-hetero) is 1. The summed E-state index contributed by atoms with van der Waals surface area (Å²) in [7, 11) is 4.32. The minimum absolute atomic E-state index is 0.0663. The number of hydrogen-bond donors (Lipinski definition) is 5. The molecule has 0 bridgehead atoms. The van der Waals surface area contributed by atoms with E-state index in [1.54, 1.807) is 12.1 Å². The Morgan fingerprint density at radius 2 is 1.82 bits per heavy atom. The Kier molecular flexibility index (Phi) is 7.33. The Morgan fingerprint density at radius 1 is 1.08 bits per heavy atom. The molecule has 5 rings (SSSR count). The van der Waals surface area contributed by atoms with E-state index in [1.165, 1.54) is 28.3 Å². The number of ketones is 1. The number of aryl methyl sites for hydroxylation is 1. The number of benzene rings is 1. The largest absolute Gasteiger partial charge is 0.493 e. The molecule has 39 heavy (non-hydrogen) atoms. The van der Waals surface area contributed by atoms with Gasteiger partial charge in [-0.2, -0.15) is 0 Å². The topological polar surface area (TPSA) is 173 Å². The van der Waals surface area contributed by atoms with E-state index >= 15 is 0 Å². The van der Waals surface area contributed by atoms with Gasteiger partial charge in [-0.1, -0.05) is 0 Å². The second-order valence-electron chi connectivity index (χ2n) is 10.1. The number of hydrogen-bond acceptors (Lipinski definition) is 11. The van der Waals surface area contributed by atoms with E-state index in [1.807, 2.05) is 0 Å². The first-order valence-corrected chi connectivity index (χ1v) is 12.7. The molecule has 212 valence electrons. The number of rotatable bonds is 7. The predicted octanol–water partition coefficient (Wildman–Crippen LogP) is -0.554. The van der Waals surface area contributed by atoms with Crippen molar-refractivity contribution in [3.05, 3.63) is 34.6 Å². The van der Waals surface area contributed by atoms with Gasteiger partial charge in [0.25, 0.3) is 0 Å². The minimum atomic E-state index is -1.65. The van der Waals surface area contributed by atoms with E-state index in [2.05, 4.69) is 5.32 Å².